The van der Waals surface area contributed by atoms with E-state index in [1.54, 1.807) is 6.07 Å². The Bertz CT molecular complexity index is 814. The molecule has 0 saturated heterocycles. The fraction of sp³-hybridized carbons (Fsp3) is 0.267. The van der Waals surface area contributed by atoms with Gasteiger partial charge in [-0.1, -0.05) is 23.9 Å². The number of benzene rings is 1. The minimum absolute atomic E-state index is 0.156. The van der Waals surface area contributed by atoms with Gasteiger partial charge in [-0.25, -0.2) is 4.79 Å². The van der Waals surface area contributed by atoms with Crippen LogP contribution in [0.25, 0.3) is 0 Å². The second kappa shape index (κ2) is 7.23. The summed E-state index contributed by atoms with van der Waals surface area (Å²) in [5, 5.41) is 21.9. The highest BCUT2D eigenvalue weighted by atomic mass is 32.2. The van der Waals surface area contributed by atoms with E-state index >= 15 is 0 Å². The summed E-state index contributed by atoms with van der Waals surface area (Å²) in [7, 11) is 2.96. The van der Waals surface area contributed by atoms with Crippen LogP contribution in [-0.2, 0) is 4.79 Å². The average Bonchev–Trinajstić information content (AvgIpc) is 2.91. The Kier molecular flexibility index (Phi) is 5.29. The van der Waals surface area contributed by atoms with Crippen LogP contribution in [0.3, 0.4) is 0 Å². The number of nitrogens with two attached hydrogens (primary N) is 1. The number of carbonyl (C=O) groups is 2. The van der Waals surface area contributed by atoms with Crippen molar-refractivity contribution in [3.05, 3.63) is 50.5 Å². The molecule has 0 aromatic heterocycles. The topological polar surface area (TPSA) is 142 Å². The summed E-state index contributed by atoms with van der Waals surface area (Å²) in [5.41, 5.74) is 6.25. The zero-order chi connectivity index (χ0) is 18.7. The molecule has 0 saturated carbocycles. The fourth-order valence-corrected chi connectivity index (χ4v) is 3.53. The van der Waals surface area contributed by atoms with Gasteiger partial charge in [0, 0.05) is 32.1 Å². The van der Waals surface area contributed by atoms with E-state index in [1.165, 1.54) is 37.2 Å². The average molecular weight is 361 g/mol. The Balaban J connectivity index is 2.40. The molecular weight excluding hydrogens is 346 g/mol. The number of carbonyl (C=O) groups excluding carboxylic acids is 2. The van der Waals surface area contributed by atoms with Gasteiger partial charge >= 0.3 is 6.03 Å². The number of rotatable bonds is 3. The molecule has 0 radical (unpaired) electrons. The third-order valence-electron chi connectivity index (χ3n) is 3.59. The van der Waals surface area contributed by atoms with Crippen molar-refractivity contribution < 1.29 is 14.5 Å². The van der Waals surface area contributed by atoms with E-state index in [9.17, 15) is 25.0 Å². The summed E-state index contributed by atoms with van der Waals surface area (Å²) in [6.07, 6.45) is 0. The molecule has 1 aliphatic heterocycles. The van der Waals surface area contributed by atoms with Crippen molar-refractivity contribution >= 4 is 29.4 Å². The van der Waals surface area contributed by atoms with Crippen LogP contribution < -0.4 is 11.1 Å². The number of hydrogen-bond acceptors (Lipinski definition) is 7. The van der Waals surface area contributed by atoms with Gasteiger partial charge in [0.15, 0.2) is 0 Å². The van der Waals surface area contributed by atoms with E-state index in [0.29, 0.717) is 5.56 Å². The minimum atomic E-state index is -0.874. The summed E-state index contributed by atoms with van der Waals surface area (Å²) in [6.45, 7) is 0. The summed E-state index contributed by atoms with van der Waals surface area (Å²) < 4.78 is 0. The largest absolute Gasteiger partial charge is 0.393 e. The summed E-state index contributed by atoms with van der Waals surface area (Å²) in [4.78, 5) is 35.8. The minimum Gasteiger partial charge on any atom is -0.393 e. The highest BCUT2D eigenvalue weighted by Crippen LogP contribution is 2.46. The maximum absolute atomic E-state index is 12.5. The van der Waals surface area contributed by atoms with Crippen molar-refractivity contribution in [1.29, 1.82) is 5.26 Å². The lowest BCUT2D eigenvalue weighted by atomic mass is 9.88. The maximum atomic E-state index is 12.5. The van der Waals surface area contributed by atoms with Crippen LogP contribution in [0.5, 0.6) is 0 Å². The number of nitrogens with one attached hydrogen (secondary N) is 1. The lowest BCUT2D eigenvalue weighted by molar-refractivity contribution is -0.384. The Morgan fingerprint density at radius 1 is 1.44 bits per heavy atom. The molecule has 10 heteroatoms. The Hall–Kier alpha value is -3.06. The third-order valence-corrected chi connectivity index (χ3v) is 4.80. The second-order valence-corrected chi connectivity index (χ2v) is 6.63. The number of non-ortho nitro benzene ring substituents is 1. The molecule has 130 valence electrons. The standard InChI is InChI=1S/C15H15N5O4S/c1-19(2)15(22)18-14(21)12-11(10(7-16)13(17)25-12)8-4-3-5-9(6-8)20(23)24/h3-6,11-12H,17H2,1-2H3,(H,18,21,22). The molecule has 1 aromatic carbocycles. The number of nitrogens with zero attached hydrogens (tertiary/aromatic N) is 3. The van der Waals surface area contributed by atoms with Crippen LogP contribution in [0, 0.1) is 21.4 Å². The van der Waals surface area contributed by atoms with Crippen molar-refractivity contribution in [3.63, 3.8) is 0 Å². The predicted molar refractivity (Wildman–Crippen MR) is 91.3 cm³/mol. The SMILES string of the molecule is CN(C)C(=O)NC(=O)C1SC(N)=C(C#N)C1c1cccc([N+](=O)[O-])c1. The van der Waals surface area contributed by atoms with Gasteiger partial charge in [0.2, 0.25) is 5.91 Å². The zero-order valence-electron chi connectivity index (χ0n) is 13.4. The molecule has 0 spiro atoms. The second-order valence-electron chi connectivity index (χ2n) is 5.45. The molecule has 1 heterocycles. The number of nitro groups is 1. The molecule has 3 N–H and O–H groups in total. The van der Waals surface area contributed by atoms with Crippen LogP contribution in [0.4, 0.5) is 10.5 Å². The number of amides is 3. The Morgan fingerprint density at radius 3 is 2.68 bits per heavy atom. The quantitative estimate of drug-likeness (QED) is 0.610. The van der Waals surface area contributed by atoms with Gasteiger partial charge in [0.1, 0.15) is 5.25 Å². The molecule has 0 bridgehead atoms. The highest BCUT2D eigenvalue weighted by molar-refractivity contribution is 8.04. The molecular formula is C15H15N5O4S. The van der Waals surface area contributed by atoms with Crippen LogP contribution in [0.1, 0.15) is 11.5 Å². The lowest BCUT2D eigenvalue weighted by Gasteiger charge is -2.20. The van der Waals surface area contributed by atoms with Gasteiger partial charge < -0.3 is 10.6 Å². The van der Waals surface area contributed by atoms with Crippen molar-refractivity contribution in [2.75, 3.05) is 14.1 Å². The summed E-state index contributed by atoms with van der Waals surface area (Å²) in [6, 6.07) is 7.03. The van der Waals surface area contributed by atoms with Crippen LogP contribution >= 0.6 is 11.8 Å². The van der Waals surface area contributed by atoms with E-state index in [-0.39, 0.29) is 16.3 Å². The number of nitro benzene ring substituents is 1. The molecule has 25 heavy (non-hydrogen) atoms. The molecule has 2 atom stereocenters. The smallest absolute Gasteiger partial charge is 0.323 e. The first kappa shape index (κ1) is 18.3. The number of hydrogen-bond donors (Lipinski definition) is 2. The predicted octanol–water partition coefficient (Wildman–Crippen LogP) is 1.29. The van der Waals surface area contributed by atoms with Gasteiger partial charge in [0.05, 0.1) is 21.6 Å². The first-order chi connectivity index (χ1) is 11.8. The normalized spacial score (nSPS) is 19.2. The third kappa shape index (κ3) is 3.72. The van der Waals surface area contributed by atoms with E-state index < -0.39 is 28.0 Å². The van der Waals surface area contributed by atoms with Crippen molar-refractivity contribution in [1.82, 2.24) is 10.2 Å². The molecule has 9 nitrogen and oxygen atoms in total. The van der Waals surface area contributed by atoms with Gasteiger partial charge in [-0.3, -0.25) is 20.2 Å². The van der Waals surface area contributed by atoms with Gasteiger partial charge in [-0.05, 0) is 5.56 Å². The maximum Gasteiger partial charge on any atom is 0.323 e. The highest BCUT2D eigenvalue weighted by Gasteiger charge is 2.41. The molecule has 0 aliphatic carbocycles. The molecule has 0 fully saturated rings. The van der Waals surface area contributed by atoms with Crippen LogP contribution in [-0.4, -0.2) is 41.1 Å². The monoisotopic (exact) mass is 361 g/mol. The van der Waals surface area contributed by atoms with E-state index in [0.717, 1.165) is 11.8 Å². The van der Waals surface area contributed by atoms with E-state index in [2.05, 4.69) is 5.32 Å². The number of urea groups is 1. The summed E-state index contributed by atoms with van der Waals surface area (Å²) >= 11 is 0.959. The van der Waals surface area contributed by atoms with E-state index in [4.69, 9.17) is 5.73 Å². The number of imide groups is 1. The molecule has 2 rings (SSSR count). The molecule has 1 aromatic rings. The van der Waals surface area contributed by atoms with Gasteiger partial charge in [0.25, 0.3) is 5.69 Å². The van der Waals surface area contributed by atoms with Crippen LogP contribution in [0.2, 0.25) is 0 Å². The van der Waals surface area contributed by atoms with Gasteiger partial charge in [-0.2, -0.15) is 5.26 Å². The molecule has 2 unspecified atom stereocenters. The summed E-state index contributed by atoms with van der Waals surface area (Å²) in [5.74, 6) is -1.39. The van der Waals surface area contributed by atoms with Gasteiger partial charge in [-0.15, -0.1) is 0 Å². The van der Waals surface area contributed by atoms with Crippen LogP contribution in [0.15, 0.2) is 34.9 Å². The molecule has 1 aliphatic rings. The van der Waals surface area contributed by atoms with Crippen molar-refractivity contribution in [2.45, 2.75) is 11.2 Å². The van der Waals surface area contributed by atoms with Crippen molar-refractivity contribution in [3.8, 4) is 6.07 Å². The first-order valence-electron chi connectivity index (χ1n) is 7.09. The van der Waals surface area contributed by atoms with Crippen molar-refractivity contribution in [2.24, 2.45) is 5.73 Å². The number of allylic oxidation sites excluding steroid dienone is 1. The van der Waals surface area contributed by atoms with E-state index in [1.807, 2.05) is 6.07 Å². The lowest BCUT2D eigenvalue weighted by Crippen LogP contribution is -2.44. The Labute approximate surface area is 147 Å². The number of nitriles is 1. The number of thioether (sulfide) groups is 1. The molecule has 3 amide bonds. The fourth-order valence-electron chi connectivity index (χ4n) is 2.36. The first-order valence-corrected chi connectivity index (χ1v) is 7.97. The zero-order valence-corrected chi connectivity index (χ0v) is 14.2. The Morgan fingerprint density at radius 2 is 2.12 bits per heavy atom.